The van der Waals surface area contributed by atoms with Gasteiger partial charge in [0.15, 0.2) is 0 Å². The Bertz CT molecular complexity index is 246. The number of carboxylic acids is 1. The van der Waals surface area contributed by atoms with Crippen molar-refractivity contribution >= 4 is 23.7 Å². The van der Waals surface area contributed by atoms with Crippen LogP contribution in [0.5, 0.6) is 0 Å². The fourth-order valence-corrected chi connectivity index (χ4v) is 1.11. The molecule has 15 heavy (non-hydrogen) atoms. The van der Waals surface area contributed by atoms with Crippen molar-refractivity contribution in [2.75, 3.05) is 0 Å². The Morgan fingerprint density at radius 2 is 1.67 bits per heavy atom. The molecule has 7 heteroatoms. The third kappa shape index (κ3) is 6.32. The molecule has 2 unspecified atom stereocenters. The van der Waals surface area contributed by atoms with Gasteiger partial charge in [-0.15, -0.1) is 0 Å². The molecular weight excluding hydrogens is 224 g/mol. The van der Waals surface area contributed by atoms with Crippen LogP contribution in [0.2, 0.25) is 0 Å². The molecule has 0 aromatic rings. The van der Waals surface area contributed by atoms with Crippen molar-refractivity contribution in [2.24, 2.45) is 0 Å². The maximum absolute atomic E-state index is 11.1. The molecule has 0 radical (unpaired) electrons. The minimum absolute atomic E-state index is 0.193. The highest BCUT2D eigenvalue weighted by Gasteiger charge is 2.28. The van der Waals surface area contributed by atoms with Gasteiger partial charge in [-0.3, -0.25) is 0 Å². The number of aliphatic hydroxyl groups is 2. The number of ether oxygens (including phenoxy) is 1. The average molecular weight is 238 g/mol. The molecule has 0 saturated heterocycles. The molecule has 0 spiro atoms. The van der Waals surface area contributed by atoms with Crippen LogP contribution in [-0.4, -0.2) is 43.7 Å². The lowest BCUT2D eigenvalue weighted by Crippen LogP contribution is -2.32. The van der Waals surface area contributed by atoms with Gasteiger partial charge in [0.1, 0.15) is 5.60 Å². The number of carbonyl (C=O) groups is 2. The summed E-state index contributed by atoms with van der Waals surface area (Å²) in [5.41, 5.74) is -4.34. The highest BCUT2D eigenvalue weighted by molar-refractivity contribution is 8.01. The summed E-state index contributed by atoms with van der Waals surface area (Å²) in [6, 6.07) is 0. The maximum atomic E-state index is 11.1. The Morgan fingerprint density at radius 3 is 2.00 bits per heavy atom. The van der Waals surface area contributed by atoms with Crippen LogP contribution in [0, 0.1) is 0 Å². The number of hydrogen-bond acceptors (Lipinski definition) is 6. The van der Waals surface area contributed by atoms with Crippen molar-refractivity contribution in [1.82, 2.24) is 0 Å². The quantitative estimate of drug-likeness (QED) is 0.459. The van der Waals surface area contributed by atoms with E-state index in [-0.39, 0.29) is 11.8 Å². The van der Waals surface area contributed by atoms with Crippen molar-refractivity contribution < 1.29 is 29.6 Å². The number of rotatable bonds is 4. The van der Waals surface area contributed by atoms with Gasteiger partial charge >= 0.3 is 11.9 Å². The molecule has 0 aromatic heterocycles. The van der Waals surface area contributed by atoms with Gasteiger partial charge < -0.3 is 20.1 Å². The smallest absolute Gasteiger partial charge is 0.346 e. The van der Waals surface area contributed by atoms with E-state index in [1.807, 2.05) is 0 Å². The van der Waals surface area contributed by atoms with Crippen LogP contribution in [0.1, 0.15) is 20.8 Å². The Balaban J connectivity index is 4.17. The lowest BCUT2D eigenvalue weighted by atomic mass is 10.2. The summed E-state index contributed by atoms with van der Waals surface area (Å²) in [7, 11) is 0. The van der Waals surface area contributed by atoms with Crippen molar-refractivity contribution in [3.63, 3.8) is 0 Å². The van der Waals surface area contributed by atoms with E-state index in [0.717, 1.165) is 0 Å². The van der Waals surface area contributed by atoms with E-state index in [1.165, 1.54) is 0 Å². The largest absolute Gasteiger partial charge is 0.479 e. The number of carboxylic acid groups (broad SMARTS) is 1. The summed E-state index contributed by atoms with van der Waals surface area (Å²) in [5, 5.41) is 26.3. The van der Waals surface area contributed by atoms with Crippen LogP contribution in [0.4, 0.5) is 0 Å². The highest BCUT2D eigenvalue weighted by atomic mass is 32.2. The molecule has 3 N–H and O–H groups in total. The first-order chi connectivity index (χ1) is 6.63. The Kier molecular flexibility index (Phi) is 5.06. The number of carbonyl (C=O) groups excluding carboxylic acids is 1. The lowest BCUT2D eigenvalue weighted by molar-refractivity contribution is -0.160. The monoisotopic (exact) mass is 238 g/mol. The van der Waals surface area contributed by atoms with E-state index >= 15 is 0 Å². The van der Waals surface area contributed by atoms with Crippen LogP contribution in [-0.2, 0) is 14.3 Å². The molecule has 0 aliphatic rings. The second-order valence-electron chi connectivity index (χ2n) is 3.71. The molecule has 88 valence electrons. The normalized spacial score (nSPS) is 15.5. The van der Waals surface area contributed by atoms with Gasteiger partial charge in [-0.05, 0) is 20.8 Å². The summed E-state index contributed by atoms with van der Waals surface area (Å²) in [6.07, 6.45) is 0. The van der Waals surface area contributed by atoms with Gasteiger partial charge in [-0.25, -0.2) is 9.59 Å². The molecular formula is C8H14O6S. The van der Waals surface area contributed by atoms with Gasteiger partial charge in [0, 0.05) is 0 Å². The molecule has 0 rings (SSSR count). The van der Waals surface area contributed by atoms with Crippen LogP contribution in [0.25, 0.3) is 0 Å². The Hall–Kier alpha value is -0.790. The van der Waals surface area contributed by atoms with E-state index in [1.54, 1.807) is 20.8 Å². The first-order valence-electron chi connectivity index (χ1n) is 4.11. The summed E-state index contributed by atoms with van der Waals surface area (Å²) >= 11 is 0.193. The van der Waals surface area contributed by atoms with Crippen molar-refractivity contribution in [1.29, 1.82) is 0 Å². The summed E-state index contributed by atoms with van der Waals surface area (Å²) < 4.78 is 4.77. The predicted molar refractivity (Wildman–Crippen MR) is 53.1 cm³/mol. The third-order valence-corrected chi connectivity index (χ3v) is 1.99. The minimum Gasteiger partial charge on any atom is -0.479 e. The molecule has 0 saturated carbocycles. The van der Waals surface area contributed by atoms with Crippen molar-refractivity contribution in [3.05, 3.63) is 0 Å². The second-order valence-corrected chi connectivity index (χ2v) is 4.88. The fourth-order valence-electron chi connectivity index (χ4n) is 0.588. The van der Waals surface area contributed by atoms with Gasteiger partial charge in [0.25, 0.3) is 0 Å². The van der Waals surface area contributed by atoms with Gasteiger partial charge in [-0.2, -0.15) is 0 Å². The fraction of sp³-hybridized carbons (Fsp3) is 0.750. The van der Waals surface area contributed by atoms with E-state index in [4.69, 9.17) is 20.1 Å². The number of aliphatic hydroxyl groups excluding tert-OH is 2. The molecule has 6 nitrogen and oxygen atoms in total. The minimum atomic E-state index is -1.85. The van der Waals surface area contributed by atoms with Crippen LogP contribution in [0.15, 0.2) is 0 Å². The second kappa shape index (κ2) is 5.34. The van der Waals surface area contributed by atoms with Gasteiger partial charge in [0.05, 0.1) is 0 Å². The van der Waals surface area contributed by atoms with E-state index in [2.05, 4.69) is 0 Å². The maximum Gasteiger partial charge on any atom is 0.346 e. The number of aliphatic carboxylic acids is 1. The number of esters is 1. The zero-order chi connectivity index (χ0) is 12.2. The van der Waals surface area contributed by atoms with Crippen molar-refractivity contribution in [2.45, 2.75) is 37.2 Å². The predicted octanol–water partition coefficient (Wildman–Crippen LogP) is -0.217. The third-order valence-electron chi connectivity index (χ3n) is 1.08. The van der Waals surface area contributed by atoms with Gasteiger partial charge in [0.2, 0.25) is 10.9 Å². The zero-order valence-corrected chi connectivity index (χ0v) is 9.45. The number of hydrogen-bond donors (Lipinski definition) is 3. The van der Waals surface area contributed by atoms with Crippen LogP contribution < -0.4 is 0 Å². The van der Waals surface area contributed by atoms with E-state index in [9.17, 15) is 9.59 Å². The van der Waals surface area contributed by atoms with Crippen LogP contribution in [0.3, 0.4) is 0 Å². The molecule has 0 bridgehead atoms. The van der Waals surface area contributed by atoms with Crippen molar-refractivity contribution in [3.8, 4) is 0 Å². The summed E-state index contributed by atoms with van der Waals surface area (Å²) in [5.74, 6) is -2.50. The van der Waals surface area contributed by atoms with E-state index in [0.29, 0.717) is 0 Å². The average Bonchev–Trinajstić information content (AvgIpc) is 2.00. The Labute approximate surface area is 91.2 Å². The first-order valence-corrected chi connectivity index (χ1v) is 5.05. The standard InChI is InChI=1S/C8H14O6S/c1-8(2,3)14-5(11)7(13)15-6(12)4(9)10/h6-7,12-13H,1-3H3,(H,9,10). The molecule has 0 heterocycles. The highest BCUT2D eigenvalue weighted by Crippen LogP contribution is 2.18. The molecule has 0 aliphatic heterocycles. The molecule has 2 atom stereocenters. The lowest BCUT2D eigenvalue weighted by Gasteiger charge is -2.21. The van der Waals surface area contributed by atoms with Gasteiger partial charge in [-0.1, -0.05) is 11.8 Å². The number of thioether (sulfide) groups is 1. The SMILES string of the molecule is CC(C)(C)OC(=O)C(O)SC(O)C(=O)O. The Morgan fingerprint density at radius 1 is 1.20 bits per heavy atom. The summed E-state index contributed by atoms with van der Waals surface area (Å²) in [6.45, 7) is 4.82. The topological polar surface area (TPSA) is 104 Å². The molecule has 0 fully saturated rings. The molecule has 0 aromatic carbocycles. The molecule has 0 amide bonds. The summed E-state index contributed by atoms with van der Waals surface area (Å²) in [4.78, 5) is 21.3. The van der Waals surface area contributed by atoms with Crippen LogP contribution >= 0.6 is 11.8 Å². The zero-order valence-electron chi connectivity index (χ0n) is 8.63. The molecule has 0 aliphatic carbocycles. The first kappa shape index (κ1) is 14.2. The van der Waals surface area contributed by atoms with E-state index < -0.39 is 28.4 Å².